The molecule has 116 valence electrons. The van der Waals surface area contributed by atoms with Crippen LogP contribution in [0.4, 0.5) is 4.79 Å². The Morgan fingerprint density at radius 2 is 2.00 bits per heavy atom. The fourth-order valence-electron chi connectivity index (χ4n) is 1.90. The number of thioether (sulfide) groups is 1. The number of aliphatic carboxylic acids is 1. The molecule has 0 fully saturated rings. The molecule has 1 rings (SSSR count). The van der Waals surface area contributed by atoms with Gasteiger partial charge >= 0.3 is 12.0 Å². The van der Waals surface area contributed by atoms with E-state index < -0.39 is 5.97 Å². The van der Waals surface area contributed by atoms with Gasteiger partial charge in [0.1, 0.15) is 0 Å². The molecule has 1 atom stereocenters. The molecule has 0 aromatic heterocycles. The first-order valence-corrected chi connectivity index (χ1v) is 8.33. The van der Waals surface area contributed by atoms with E-state index in [0.717, 1.165) is 17.7 Å². The van der Waals surface area contributed by atoms with Gasteiger partial charge in [-0.2, -0.15) is 11.8 Å². The van der Waals surface area contributed by atoms with Gasteiger partial charge in [0.05, 0.1) is 6.04 Å². The molecule has 0 saturated carbocycles. The van der Waals surface area contributed by atoms with Crippen molar-refractivity contribution in [2.45, 2.75) is 25.3 Å². The minimum absolute atomic E-state index is 0.0202. The highest BCUT2D eigenvalue weighted by Crippen LogP contribution is 2.18. The molecule has 0 saturated heterocycles. The van der Waals surface area contributed by atoms with Gasteiger partial charge in [-0.25, -0.2) is 4.79 Å². The Hall–Kier alpha value is -1.69. The SMILES string of the molecule is CSCCCNC(=O)NC(CCC(=O)O)c1ccccc1. The Morgan fingerprint density at radius 3 is 2.62 bits per heavy atom. The monoisotopic (exact) mass is 310 g/mol. The molecule has 1 aromatic rings. The summed E-state index contributed by atoms with van der Waals surface area (Å²) in [5.74, 6) is 0.139. The van der Waals surface area contributed by atoms with Gasteiger partial charge in [0.15, 0.2) is 0 Å². The Labute approximate surface area is 129 Å². The highest BCUT2D eigenvalue weighted by atomic mass is 32.2. The highest BCUT2D eigenvalue weighted by Gasteiger charge is 2.15. The number of nitrogens with one attached hydrogen (secondary N) is 2. The first-order chi connectivity index (χ1) is 10.1. The van der Waals surface area contributed by atoms with Gasteiger partial charge in [-0.1, -0.05) is 30.3 Å². The minimum atomic E-state index is -0.863. The smallest absolute Gasteiger partial charge is 0.315 e. The summed E-state index contributed by atoms with van der Waals surface area (Å²) in [5.41, 5.74) is 0.915. The summed E-state index contributed by atoms with van der Waals surface area (Å²) in [7, 11) is 0. The second-order valence-electron chi connectivity index (χ2n) is 4.64. The molecule has 0 spiro atoms. The van der Waals surface area contributed by atoms with Crippen LogP contribution < -0.4 is 10.6 Å². The van der Waals surface area contributed by atoms with Crippen molar-refractivity contribution in [2.24, 2.45) is 0 Å². The summed E-state index contributed by atoms with van der Waals surface area (Å²) >= 11 is 1.74. The molecule has 1 unspecified atom stereocenters. The van der Waals surface area contributed by atoms with Crippen LogP contribution in [0.3, 0.4) is 0 Å². The van der Waals surface area contributed by atoms with Gasteiger partial charge in [0, 0.05) is 13.0 Å². The van der Waals surface area contributed by atoms with E-state index in [1.165, 1.54) is 0 Å². The van der Waals surface area contributed by atoms with Crippen LogP contribution in [0.1, 0.15) is 30.9 Å². The largest absolute Gasteiger partial charge is 0.481 e. The number of carboxylic acids is 1. The Kier molecular flexibility index (Phi) is 8.35. The van der Waals surface area contributed by atoms with Crippen molar-refractivity contribution in [3.8, 4) is 0 Å². The van der Waals surface area contributed by atoms with Crippen molar-refractivity contribution >= 4 is 23.8 Å². The summed E-state index contributed by atoms with van der Waals surface area (Å²) in [4.78, 5) is 22.6. The predicted molar refractivity (Wildman–Crippen MR) is 85.6 cm³/mol. The highest BCUT2D eigenvalue weighted by molar-refractivity contribution is 7.98. The lowest BCUT2D eigenvalue weighted by Crippen LogP contribution is -2.38. The Morgan fingerprint density at radius 1 is 1.29 bits per heavy atom. The van der Waals surface area contributed by atoms with E-state index in [1.54, 1.807) is 11.8 Å². The third-order valence-corrected chi connectivity index (χ3v) is 3.66. The summed E-state index contributed by atoms with van der Waals surface area (Å²) in [5, 5.41) is 14.5. The normalized spacial score (nSPS) is 11.7. The van der Waals surface area contributed by atoms with Crippen LogP contribution in [0, 0.1) is 0 Å². The number of hydrogen-bond acceptors (Lipinski definition) is 3. The van der Waals surface area contributed by atoms with E-state index in [2.05, 4.69) is 10.6 Å². The lowest BCUT2D eigenvalue weighted by atomic mass is 10.0. The van der Waals surface area contributed by atoms with E-state index in [1.807, 2.05) is 36.6 Å². The van der Waals surface area contributed by atoms with Crippen LogP contribution in [0.2, 0.25) is 0 Å². The number of carboxylic acid groups (broad SMARTS) is 1. The van der Waals surface area contributed by atoms with Gasteiger partial charge in [-0.3, -0.25) is 4.79 Å². The van der Waals surface area contributed by atoms with Crippen molar-refractivity contribution in [1.82, 2.24) is 10.6 Å². The lowest BCUT2D eigenvalue weighted by molar-refractivity contribution is -0.137. The molecule has 1 aromatic carbocycles. The van der Waals surface area contributed by atoms with Gasteiger partial charge in [0.25, 0.3) is 0 Å². The second kappa shape index (κ2) is 10.1. The molecule has 0 aliphatic carbocycles. The standard InChI is InChI=1S/C15H22N2O3S/c1-21-11-5-10-16-15(20)17-13(8-9-14(18)19)12-6-3-2-4-7-12/h2-4,6-7,13H,5,8-11H2,1H3,(H,18,19)(H2,16,17,20). The Balaban J connectivity index is 2.52. The summed E-state index contributed by atoms with van der Waals surface area (Å²) in [6, 6.07) is 8.88. The van der Waals surface area contributed by atoms with Gasteiger partial charge in [-0.05, 0) is 30.4 Å². The van der Waals surface area contributed by atoms with Crippen molar-refractivity contribution in [2.75, 3.05) is 18.6 Å². The molecule has 3 N–H and O–H groups in total. The van der Waals surface area contributed by atoms with Crippen LogP contribution in [0.25, 0.3) is 0 Å². The van der Waals surface area contributed by atoms with Gasteiger partial charge in [-0.15, -0.1) is 0 Å². The molecule has 6 heteroatoms. The van der Waals surface area contributed by atoms with Crippen LogP contribution in [-0.2, 0) is 4.79 Å². The molecule has 21 heavy (non-hydrogen) atoms. The zero-order chi connectivity index (χ0) is 15.5. The number of carbonyl (C=O) groups is 2. The molecule has 5 nitrogen and oxygen atoms in total. The first kappa shape index (κ1) is 17.4. The van der Waals surface area contributed by atoms with E-state index in [0.29, 0.717) is 13.0 Å². The molecule has 0 aliphatic heterocycles. The molecule has 0 radical (unpaired) electrons. The van der Waals surface area contributed by atoms with Crippen LogP contribution in [0.15, 0.2) is 30.3 Å². The van der Waals surface area contributed by atoms with Crippen molar-refractivity contribution in [1.29, 1.82) is 0 Å². The predicted octanol–water partition coefficient (Wildman–Crippen LogP) is 2.64. The van der Waals surface area contributed by atoms with E-state index in [4.69, 9.17) is 5.11 Å². The number of hydrogen-bond donors (Lipinski definition) is 3. The maximum atomic E-state index is 11.9. The topological polar surface area (TPSA) is 78.4 Å². The minimum Gasteiger partial charge on any atom is -0.481 e. The lowest BCUT2D eigenvalue weighted by Gasteiger charge is -2.19. The van der Waals surface area contributed by atoms with Crippen LogP contribution in [0.5, 0.6) is 0 Å². The van der Waals surface area contributed by atoms with Crippen molar-refractivity contribution in [3.63, 3.8) is 0 Å². The molecule has 2 amide bonds. The van der Waals surface area contributed by atoms with Gasteiger partial charge in [0.2, 0.25) is 0 Å². The zero-order valence-electron chi connectivity index (χ0n) is 12.2. The number of amides is 2. The maximum Gasteiger partial charge on any atom is 0.315 e. The summed E-state index contributed by atoms with van der Waals surface area (Å²) in [6.07, 6.45) is 3.33. The maximum absolute atomic E-state index is 11.9. The molecular formula is C15H22N2O3S. The number of urea groups is 1. The van der Waals surface area contributed by atoms with E-state index in [-0.39, 0.29) is 18.5 Å². The molecule has 0 heterocycles. The molecular weight excluding hydrogens is 288 g/mol. The van der Waals surface area contributed by atoms with Crippen molar-refractivity contribution < 1.29 is 14.7 Å². The average Bonchev–Trinajstić information content (AvgIpc) is 2.48. The second-order valence-corrected chi connectivity index (χ2v) is 5.63. The summed E-state index contributed by atoms with van der Waals surface area (Å²) < 4.78 is 0. The fourth-order valence-corrected chi connectivity index (χ4v) is 2.34. The Bertz CT molecular complexity index is 440. The zero-order valence-corrected chi connectivity index (χ0v) is 13.0. The van der Waals surface area contributed by atoms with Crippen LogP contribution >= 0.6 is 11.8 Å². The molecule has 0 aliphatic rings. The third kappa shape index (κ3) is 7.60. The summed E-state index contributed by atoms with van der Waals surface area (Å²) in [6.45, 7) is 0.618. The van der Waals surface area contributed by atoms with Crippen molar-refractivity contribution in [3.05, 3.63) is 35.9 Å². The van der Waals surface area contributed by atoms with Gasteiger partial charge < -0.3 is 15.7 Å². The third-order valence-electron chi connectivity index (χ3n) is 2.96. The fraction of sp³-hybridized carbons (Fsp3) is 0.467. The van der Waals surface area contributed by atoms with E-state index >= 15 is 0 Å². The van der Waals surface area contributed by atoms with E-state index in [9.17, 15) is 9.59 Å². The number of rotatable bonds is 9. The quantitative estimate of drug-likeness (QED) is 0.613. The first-order valence-electron chi connectivity index (χ1n) is 6.93. The molecule has 0 bridgehead atoms. The number of benzene rings is 1. The van der Waals surface area contributed by atoms with Crippen LogP contribution in [-0.4, -0.2) is 35.7 Å². The number of carbonyl (C=O) groups excluding carboxylic acids is 1. The average molecular weight is 310 g/mol.